The number of hydrogen-bond acceptors (Lipinski definition) is 4. The fraction of sp³-hybridized carbons (Fsp3) is 0.0909. The van der Waals surface area contributed by atoms with Crippen LogP contribution < -0.4 is 16.6 Å². The quantitative estimate of drug-likeness (QED) is 0.534. The highest BCUT2D eigenvalue weighted by atomic mass is 16.2. The molecule has 0 saturated heterocycles. The molecule has 2 heterocycles. The Bertz CT molecular complexity index is 1270. The third-order valence-corrected chi connectivity index (χ3v) is 4.57. The number of carbonyl (C=O) groups is 1. The molecule has 0 aliphatic rings. The second kappa shape index (κ2) is 8.44. The van der Waals surface area contributed by atoms with Crippen LogP contribution in [0.25, 0.3) is 5.69 Å². The van der Waals surface area contributed by atoms with E-state index in [1.54, 1.807) is 41.5 Å². The molecule has 8 heteroatoms. The number of carbonyl (C=O) groups excluding carboxylic acids is 1. The molecule has 2 aromatic carbocycles. The lowest BCUT2D eigenvalue weighted by atomic mass is 10.2. The highest BCUT2D eigenvalue weighted by Crippen LogP contribution is 2.14. The summed E-state index contributed by atoms with van der Waals surface area (Å²) in [6, 6.07) is 17.9. The molecule has 0 bridgehead atoms. The van der Waals surface area contributed by atoms with Crippen LogP contribution in [0.15, 0.2) is 95.2 Å². The topological polar surface area (TPSA) is 90.9 Å². The van der Waals surface area contributed by atoms with Crippen molar-refractivity contribution < 1.29 is 4.79 Å². The van der Waals surface area contributed by atoms with E-state index in [1.165, 1.54) is 16.8 Å². The average molecular weight is 401 g/mol. The van der Waals surface area contributed by atoms with Crippen LogP contribution in [0.4, 0.5) is 5.69 Å². The second-order valence-electron chi connectivity index (χ2n) is 6.70. The Hall–Kier alpha value is -4.20. The third kappa shape index (κ3) is 4.27. The molecule has 0 spiro atoms. The number of aromatic nitrogens is 4. The van der Waals surface area contributed by atoms with Crippen molar-refractivity contribution in [2.24, 2.45) is 0 Å². The first-order chi connectivity index (χ1) is 14.6. The lowest BCUT2D eigenvalue weighted by Gasteiger charge is -2.11. The van der Waals surface area contributed by atoms with Gasteiger partial charge in [-0.25, -0.2) is 9.78 Å². The lowest BCUT2D eigenvalue weighted by molar-refractivity contribution is -0.116. The van der Waals surface area contributed by atoms with Crippen molar-refractivity contribution in [1.82, 2.24) is 18.7 Å². The highest BCUT2D eigenvalue weighted by molar-refractivity contribution is 5.90. The Labute approximate surface area is 171 Å². The molecule has 4 rings (SSSR count). The predicted octanol–water partition coefficient (Wildman–Crippen LogP) is 1.88. The number of imidazole rings is 1. The van der Waals surface area contributed by atoms with Crippen molar-refractivity contribution in [1.29, 1.82) is 0 Å². The largest absolute Gasteiger partial charge is 0.331 e. The van der Waals surface area contributed by atoms with E-state index in [1.807, 2.05) is 36.4 Å². The molecule has 0 saturated carbocycles. The highest BCUT2D eigenvalue weighted by Gasteiger charge is 2.11. The number of hydrogen-bond donors (Lipinski definition) is 1. The number of rotatable bonds is 6. The molecular weight excluding hydrogens is 382 g/mol. The summed E-state index contributed by atoms with van der Waals surface area (Å²) in [4.78, 5) is 41.4. The number of benzene rings is 2. The van der Waals surface area contributed by atoms with Gasteiger partial charge in [-0.3, -0.25) is 18.7 Å². The second-order valence-corrected chi connectivity index (χ2v) is 6.70. The fourth-order valence-corrected chi connectivity index (χ4v) is 3.10. The van der Waals surface area contributed by atoms with E-state index in [-0.39, 0.29) is 6.54 Å². The van der Waals surface area contributed by atoms with Crippen molar-refractivity contribution >= 4 is 11.6 Å². The van der Waals surface area contributed by atoms with Crippen LogP contribution in [-0.4, -0.2) is 24.6 Å². The maximum absolute atomic E-state index is 12.7. The molecular formula is C22H19N5O3. The first kappa shape index (κ1) is 19.1. The van der Waals surface area contributed by atoms with E-state index in [4.69, 9.17) is 0 Å². The smallest absolute Gasteiger partial charge is 0.324 e. The molecule has 0 radical (unpaired) electrons. The lowest BCUT2D eigenvalue weighted by Crippen LogP contribution is -2.41. The zero-order valence-corrected chi connectivity index (χ0v) is 16.0. The molecule has 8 nitrogen and oxygen atoms in total. The fourth-order valence-electron chi connectivity index (χ4n) is 3.10. The minimum Gasteiger partial charge on any atom is -0.324 e. The molecule has 0 unspecified atom stereocenters. The number of nitrogens with zero attached hydrogens (tertiary/aromatic N) is 4. The van der Waals surface area contributed by atoms with Crippen molar-refractivity contribution in [3.05, 3.63) is 112 Å². The monoisotopic (exact) mass is 401 g/mol. The van der Waals surface area contributed by atoms with E-state index < -0.39 is 17.2 Å². The van der Waals surface area contributed by atoms with Gasteiger partial charge in [-0.15, -0.1) is 0 Å². The van der Waals surface area contributed by atoms with Crippen LogP contribution in [-0.2, 0) is 17.9 Å². The summed E-state index contributed by atoms with van der Waals surface area (Å²) >= 11 is 0. The van der Waals surface area contributed by atoms with Crippen molar-refractivity contribution in [2.75, 3.05) is 5.32 Å². The third-order valence-electron chi connectivity index (χ3n) is 4.57. The summed E-state index contributed by atoms with van der Waals surface area (Å²) in [5.74, 6) is -0.463. The Morgan fingerprint density at radius 3 is 2.57 bits per heavy atom. The van der Waals surface area contributed by atoms with Crippen LogP contribution in [0, 0.1) is 0 Å². The van der Waals surface area contributed by atoms with E-state index in [2.05, 4.69) is 10.3 Å². The van der Waals surface area contributed by atoms with Gasteiger partial charge in [0.25, 0.3) is 5.56 Å². The van der Waals surface area contributed by atoms with Crippen molar-refractivity contribution in [2.45, 2.75) is 13.1 Å². The molecule has 4 aromatic rings. The van der Waals surface area contributed by atoms with Gasteiger partial charge in [-0.05, 0) is 23.8 Å². The summed E-state index contributed by atoms with van der Waals surface area (Å²) in [6.45, 7) is -0.0584. The Kier molecular flexibility index (Phi) is 5.38. The minimum absolute atomic E-state index is 0.314. The Morgan fingerprint density at radius 2 is 1.80 bits per heavy atom. The van der Waals surface area contributed by atoms with Gasteiger partial charge in [-0.2, -0.15) is 0 Å². The predicted molar refractivity (Wildman–Crippen MR) is 113 cm³/mol. The Balaban J connectivity index is 1.52. The first-order valence-corrected chi connectivity index (χ1v) is 9.32. The SMILES string of the molecule is O=C(Cn1c(=O)ccn(Cc2ccccc2)c1=O)Nc1cccc(-n2ccnc2)c1. The number of nitrogens with one attached hydrogen (secondary N) is 1. The van der Waals surface area contributed by atoms with Crippen LogP contribution in [0.2, 0.25) is 0 Å². The normalized spacial score (nSPS) is 10.7. The summed E-state index contributed by atoms with van der Waals surface area (Å²) < 4.78 is 4.14. The van der Waals surface area contributed by atoms with E-state index in [0.717, 1.165) is 15.8 Å². The van der Waals surface area contributed by atoms with Crippen molar-refractivity contribution in [3.8, 4) is 5.69 Å². The van der Waals surface area contributed by atoms with Gasteiger partial charge >= 0.3 is 5.69 Å². The van der Waals surface area contributed by atoms with Gasteiger partial charge in [-0.1, -0.05) is 36.4 Å². The molecule has 0 fully saturated rings. The van der Waals surface area contributed by atoms with E-state index >= 15 is 0 Å². The maximum atomic E-state index is 12.7. The van der Waals surface area contributed by atoms with Gasteiger partial charge in [0.2, 0.25) is 5.91 Å². The van der Waals surface area contributed by atoms with Crippen LogP contribution >= 0.6 is 0 Å². The van der Waals surface area contributed by atoms with Crippen molar-refractivity contribution in [3.63, 3.8) is 0 Å². The number of amides is 1. The standard InChI is InChI=1S/C22H19N5O3/c28-20(24-18-7-4-8-19(13-18)26-12-10-23-16-26)15-27-21(29)9-11-25(22(27)30)14-17-5-2-1-3-6-17/h1-13,16H,14-15H2,(H,24,28). The van der Waals surface area contributed by atoms with Gasteiger partial charge in [0, 0.05) is 36.0 Å². The zero-order valence-electron chi connectivity index (χ0n) is 16.0. The maximum Gasteiger partial charge on any atom is 0.331 e. The molecule has 150 valence electrons. The number of anilines is 1. The molecule has 30 heavy (non-hydrogen) atoms. The van der Waals surface area contributed by atoms with Crippen LogP contribution in [0.3, 0.4) is 0 Å². The van der Waals surface area contributed by atoms with Crippen LogP contribution in [0.1, 0.15) is 5.56 Å². The molecule has 0 atom stereocenters. The summed E-state index contributed by atoms with van der Waals surface area (Å²) in [7, 11) is 0. The first-order valence-electron chi connectivity index (χ1n) is 9.32. The van der Waals surface area contributed by atoms with Gasteiger partial charge < -0.3 is 9.88 Å². The summed E-state index contributed by atoms with van der Waals surface area (Å²) in [5, 5.41) is 2.74. The van der Waals surface area contributed by atoms with Crippen LogP contribution in [0.5, 0.6) is 0 Å². The molecule has 0 aliphatic heterocycles. The van der Waals surface area contributed by atoms with Gasteiger partial charge in [0.15, 0.2) is 0 Å². The molecule has 1 amide bonds. The van der Waals surface area contributed by atoms with Gasteiger partial charge in [0.1, 0.15) is 6.54 Å². The average Bonchev–Trinajstić information content (AvgIpc) is 3.29. The molecule has 2 aromatic heterocycles. The molecule has 1 N–H and O–H groups in total. The molecule has 0 aliphatic carbocycles. The minimum atomic E-state index is -0.534. The Morgan fingerprint density at radius 1 is 0.967 bits per heavy atom. The van der Waals surface area contributed by atoms with Gasteiger partial charge in [0.05, 0.1) is 12.9 Å². The summed E-state index contributed by atoms with van der Waals surface area (Å²) in [5.41, 5.74) is 1.25. The van der Waals surface area contributed by atoms with E-state index in [0.29, 0.717) is 12.2 Å². The summed E-state index contributed by atoms with van der Waals surface area (Å²) in [6.07, 6.45) is 6.55. The van der Waals surface area contributed by atoms with E-state index in [9.17, 15) is 14.4 Å². The zero-order chi connectivity index (χ0) is 20.9.